The van der Waals surface area contributed by atoms with Gasteiger partial charge in [-0.3, -0.25) is 4.79 Å². The number of hydrogen-bond acceptors (Lipinski definition) is 6. The highest BCUT2D eigenvalue weighted by molar-refractivity contribution is 5.94. The molecule has 0 radical (unpaired) electrons. The molecule has 0 aliphatic carbocycles. The van der Waals surface area contributed by atoms with Crippen molar-refractivity contribution in [2.24, 2.45) is 0 Å². The van der Waals surface area contributed by atoms with Crippen molar-refractivity contribution in [2.45, 2.75) is 0 Å². The first-order valence-corrected chi connectivity index (χ1v) is 4.83. The van der Waals surface area contributed by atoms with E-state index in [2.05, 4.69) is 25.1 Å². The molecular weight excluding hydrogens is 222 g/mol. The fourth-order valence-corrected chi connectivity index (χ4v) is 1.66. The lowest BCUT2D eigenvalue weighted by atomic mass is 10.1. The van der Waals surface area contributed by atoms with Crippen LogP contribution < -0.4 is 11.3 Å². The molecule has 7 nitrogen and oxygen atoms in total. The van der Waals surface area contributed by atoms with Gasteiger partial charge in [-0.25, -0.2) is 9.73 Å². The lowest BCUT2D eigenvalue weighted by Crippen LogP contribution is -2.09. The molecule has 0 fully saturated rings. The van der Waals surface area contributed by atoms with Gasteiger partial charge in [-0.05, 0) is 16.4 Å². The first-order chi connectivity index (χ1) is 8.27. The van der Waals surface area contributed by atoms with E-state index in [1.54, 1.807) is 24.3 Å². The predicted molar refractivity (Wildman–Crippen MR) is 60.1 cm³/mol. The Bertz CT molecular complexity index is 746. The average Bonchev–Trinajstić information content (AvgIpc) is 2.77. The van der Waals surface area contributed by atoms with Gasteiger partial charge in [0.15, 0.2) is 11.5 Å². The van der Waals surface area contributed by atoms with Crippen LogP contribution in [0.4, 0.5) is 5.82 Å². The van der Waals surface area contributed by atoms with Crippen molar-refractivity contribution < 1.29 is 4.63 Å². The summed E-state index contributed by atoms with van der Waals surface area (Å²) in [5.74, 6) is 0.134. The molecule has 0 aliphatic rings. The highest BCUT2D eigenvalue weighted by Gasteiger charge is 2.15. The van der Waals surface area contributed by atoms with Gasteiger partial charge in [0.1, 0.15) is 5.69 Å². The largest absolute Gasteiger partial charge is 0.379 e. The van der Waals surface area contributed by atoms with Gasteiger partial charge in [0.2, 0.25) is 0 Å². The number of aromatic nitrogens is 4. The molecular formula is C10H7N5O2. The third-order valence-corrected chi connectivity index (χ3v) is 2.43. The summed E-state index contributed by atoms with van der Waals surface area (Å²) in [7, 11) is 0. The van der Waals surface area contributed by atoms with E-state index in [-0.39, 0.29) is 11.4 Å². The standard InChI is InChI=1S/C10H7N5O2/c11-9-8(14-17-15-9)7-5-3-1-2-4-6(5)10(16)13-12-7/h1-4H,(H2,11,15)(H,13,16). The van der Waals surface area contributed by atoms with Gasteiger partial charge >= 0.3 is 0 Å². The molecule has 0 amide bonds. The fraction of sp³-hybridized carbons (Fsp3) is 0. The maximum Gasteiger partial charge on any atom is 0.272 e. The summed E-state index contributed by atoms with van der Waals surface area (Å²) >= 11 is 0. The van der Waals surface area contributed by atoms with E-state index in [0.29, 0.717) is 22.2 Å². The number of fused-ring (bicyclic) bond motifs is 1. The quantitative estimate of drug-likeness (QED) is 0.630. The normalized spacial score (nSPS) is 10.8. The minimum absolute atomic E-state index is 0.134. The zero-order valence-corrected chi connectivity index (χ0v) is 8.54. The van der Waals surface area contributed by atoms with Crippen LogP contribution in [-0.2, 0) is 0 Å². The molecule has 1 aromatic carbocycles. The third kappa shape index (κ3) is 1.36. The minimum atomic E-state index is -0.264. The van der Waals surface area contributed by atoms with Gasteiger partial charge in [0.05, 0.1) is 5.39 Å². The summed E-state index contributed by atoms with van der Waals surface area (Å²) in [6.07, 6.45) is 0. The van der Waals surface area contributed by atoms with Crippen LogP contribution in [0.15, 0.2) is 33.7 Å². The SMILES string of the molecule is Nc1nonc1-c1n[nH]c(=O)c2ccccc12. The molecule has 0 unspecified atom stereocenters. The van der Waals surface area contributed by atoms with Crippen molar-refractivity contribution in [3.63, 3.8) is 0 Å². The minimum Gasteiger partial charge on any atom is -0.379 e. The number of benzene rings is 1. The van der Waals surface area contributed by atoms with Gasteiger partial charge in [-0.2, -0.15) is 5.10 Å². The van der Waals surface area contributed by atoms with Gasteiger partial charge in [0, 0.05) is 5.39 Å². The zero-order chi connectivity index (χ0) is 11.8. The summed E-state index contributed by atoms with van der Waals surface area (Å²) in [4.78, 5) is 11.6. The topological polar surface area (TPSA) is 111 Å². The van der Waals surface area contributed by atoms with E-state index in [1.807, 2.05) is 0 Å². The van der Waals surface area contributed by atoms with Crippen LogP contribution >= 0.6 is 0 Å². The Balaban J connectivity index is 2.43. The van der Waals surface area contributed by atoms with E-state index >= 15 is 0 Å². The van der Waals surface area contributed by atoms with Gasteiger partial charge in [-0.15, -0.1) is 0 Å². The summed E-state index contributed by atoms with van der Waals surface area (Å²) in [5, 5.41) is 14.6. The number of nitrogens with two attached hydrogens (primary N) is 1. The van der Waals surface area contributed by atoms with Crippen LogP contribution in [0.1, 0.15) is 0 Å². The number of rotatable bonds is 1. The predicted octanol–water partition coefficient (Wildman–Crippen LogP) is 0.555. The van der Waals surface area contributed by atoms with Crippen molar-refractivity contribution >= 4 is 16.6 Å². The molecule has 0 bridgehead atoms. The number of hydrogen-bond donors (Lipinski definition) is 2. The number of H-pyrrole nitrogens is 1. The molecule has 0 spiro atoms. The van der Waals surface area contributed by atoms with E-state index in [1.165, 1.54) is 0 Å². The molecule has 3 N–H and O–H groups in total. The number of anilines is 1. The second-order valence-corrected chi connectivity index (χ2v) is 3.44. The summed E-state index contributed by atoms with van der Waals surface area (Å²) in [6.45, 7) is 0. The molecule has 2 aromatic heterocycles. The van der Waals surface area contributed by atoms with Crippen molar-refractivity contribution in [3.05, 3.63) is 34.6 Å². The Morgan fingerprint density at radius 2 is 1.88 bits per heavy atom. The molecule has 0 saturated carbocycles. The van der Waals surface area contributed by atoms with E-state index < -0.39 is 0 Å². The molecule has 3 aromatic rings. The fourth-order valence-electron chi connectivity index (χ4n) is 1.66. The van der Waals surface area contributed by atoms with Crippen molar-refractivity contribution in [1.29, 1.82) is 0 Å². The first kappa shape index (κ1) is 9.52. The third-order valence-electron chi connectivity index (χ3n) is 2.43. The van der Waals surface area contributed by atoms with Crippen molar-refractivity contribution in [2.75, 3.05) is 5.73 Å². The van der Waals surface area contributed by atoms with E-state index in [0.717, 1.165) is 0 Å². The Morgan fingerprint density at radius 1 is 1.12 bits per heavy atom. The number of aromatic amines is 1. The summed E-state index contributed by atoms with van der Waals surface area (Å²) in [5.41, 5.74) is 6.10. The Kier molecular flexibility index (Phi) is 1.91. The second kappa shape index (κ2) is 3.41. The monoisotopic (exact) mass is 229 g/mol. The van der Waals surface area contributed by atoms with Gasteiger partial charge in [0.25, 0.3) is 5.56 Å². The second-order valence-electron chi connectivity index (χ2n) is 3.44. The highest BCUT2D eigenvalue weighted by Crippen LogP contribution is 2.25. The van der Waals surface area contributed by atoms with Crippen LogP contribution in [0, 0.1) is 0 Å². The Hall–Kier alpha value is -2.70. The number of nitrogen functional groups attached to an aromatic ring is 1. The maximum atomic E-state index is 11.6. The summed E-state index contributed by atoms with van der Waals surface area (Å²) < 4.78 is 4.52. The molecule has 0 saturated heterocycles. The van der Waals surface area contributed by atoms with Crippen LogP contribution in [0.5, 0.6) is 0 Å². The lowest BCUT2D eigenvalue weighted by Gasteiger charge is -2.00. The molecule has 7 heteroatoms. The molecule has 2 heterocycles. The number of nitrogens with one attached hydrogen (secondary N) is 1. The lowest BCUT2D eigenvalue weighted by molar-refractivity contribution is 0.310. The van der Waals surface area contributed by atoms with Gasteiger partial charge in [-0.1, -0.05) is 18.2 Å². The van der Waals surface area contributed by atoms with E-state index in [4.69, 9.17) is 5.73 Å². The molecule has 17 heavy (non-hydrogen) atoms. The van der Waals surface area contributed by atoms with Gasteiger partial charge < -0.3 is 5.73 Å². The first-order valence-electron chi connectivity index (χ1n) is 4.83. The molecule has 3 rings (SSSR count). The van der Waals surface area contributed by atoms with Crippen LogP contribution in [0.3, 0.4) is 0 Å². The highest BCUT2D eigenvalue weighted by atomic mass is 16.6. The zero-order valence-electron chi connectivity index (χ0n) is 8.54. The average molecular weight is 229 g/mol. The Morgan fingerprint density at radius 3 is 2.59 bits per heavy atom. The molecule has 0 atom stereocenters. The Labute approximate surface area is 94.2 Å². The van der Waals surface area contributed by atoms with Crippen LogP contribution in [0.2, 0.25) is 0 Å². The van der Waals surface area contributed by atoms with Crippen molar-refractivity contribution in [1.82, 2.24) is 20.5 Å². The molecule has 84 valence electrons. The van der Waals surface area contributed by atoms with Crippen LogP contribution in [0.25, 0.3) is 22.2 Å². The van der Waals surface area contributed by atoms with Crippen molar-refractivity contribution in [3.8, 4) is 11.4 Å². The summed E-state index contributed by atoms with van der Waals surface area (Å²) in [6, 6.07) is 7.03. The smallest absolute Gasteiger partial charge is 0.272 e. The molecule has 0 aliphatic heterocycles. The van der Waals surface area contributed by atoms with Crippen LogP contribution in [-0.4, -0.2) is 20.5 Å². The van der Waals surface area contributed by atoms with E-state index in [9.17, 15) is 4.79 Å². The maximum absolute atomic E-state index is 11.6. The number of nitrogens with zero attached hydrogens (tertiary/aromatic N) is 3.